The van der Waals surface area contributed by atoms with Gasteiger partial charge in [0, 0.05) is 22.8 Å². The third kappa shape index (κ3) is 4.26. The number of benzene rings is 2. The Balaban J connectivity index is 1.36. The van der Waals surface area contributed by atoms with E-state index in [-0.39, 0.29) is 12.0 Å². The number of nitrogens with one attached hydrogen (secondary N) is 2. The van der Waals surface area contributed by atoms with Crippen molar-refractivity contribution in [1.29, 1.82) is 0 Å². The molecule has 9 heteroatoms. The Morgan fingerprint density at radius 1 is 1.03 bits per heavy atom. The summed E-state index contributed by atoms with van der Waals surface area (Å²) in [7, 11) is 1.68. The zero-order valence-electron chi connectivity index (χ0n) is 17.6. The normalized spacial score (nSPS) is 15.3. The molecule has 4 aromatic rings. The first-order valence-corrected chi connectivity index (χ1v) is 10.4. The minimum absolute atomic E-state index is 0.111. The van der Waals surface area contributed by atoms with Crippen molar-refractivity contribution in [2.75, 3.05) is 17.7 Å². The van der Waals surface area contributed by atoms with Gasteiger partial charge >= 0.3 is 6.18 Å². The van der Waals surface area contributed by atoms with Gasteiger partial charge in [0.05, 0.1) is 18.7 Å². The average Bonchev–Trinajstić information content (AvgIpc) is 3.22. The van der Waals surface area contributed by atoms with Crippen LogP contribution in [0.15, 0.2) is 60.8 Å². The van der Waals surface area contributed by atoms with E-state index in [1.54, 1.807) is 25.3 Å². The molecular formula is C24H20F3N5O. The molecule has 1 aliphatic carbocycles. The first-order chi connectivity index (χ1) is 15.9. The molecule has 0 radical (unpaired) electrons. The highest BCUT2D eigenvalue weighted by atomic mass is 19.4. The van der Waals surface area contributed by atoms with Crippen molar-refractivity contribution >= 4 is 28.4 Å². The number of aryl methyl sites for hydroxylation is 1. The van der Waals surface area contributed by atoms with Gasteiger partial charge in [0.25, 0.3) is 0 Å². The van der Waals surface area contributed by atoms with E-state index in [1.807, 2.05) is 24.3 Å². The van der Waals surface area contributed by atoms with Crippen LogP contribution in [0.25, 0.3) is 10.9 Å². The summed E-state index contributed by atoms with van der Waals surface area (Å²) >= 11 is 0. The molecule has 0 spiro atoms. The topological polar surface area (TPSA) is 72.0 Å². The molecule has 0 bridgehead atoms. The maximum absolute atomic E-state index is 12.9. The molecule has 0 saturated carbocycles. The quantitative estimate of drug-likeness (QED) is 0.394. The first kappa shape index (κ1) is 21.0. The lowest BCUT2D eigenvalue weighted by atomic mass is 10.1. The molecular weight excluding hydrogens is 431 g/mol. The van der Waals surface area contributed by atoms with Crippen molar-refractivity contribution in [3.8, 4) is 5.75 Å². The summed E-state index contributed by atoms with van der Waals surface area (Å²) in [6, 6.07) is 16.2. The van der Waals surface area contributed by atoms with Gasteiger partial charge in [0.2, 0.25) is 5.95 Å². The minimum atomic E-state index is -4.53. The van der Waals surface area contributed by atoms with E-state index in [0.29, 0.717) is 5.69 Å². The Hall–Kier alpha value is -3.88. The van der Waals surface area contributed by atoms with Crippen molar-refractivity contribution in [2.24, 2.45) is 0 Å². The Morgan fingerprint density at radius 3 is 2.73 bits per heavy atom. The van der Waals surface area contributed by atoms with Gasteiger partial charge in [0.15, 0.2) is 0 Å². The maximum Gasteiger partial charge on any atom is 0.433 e. The molecule has 1 unspecified atom stereocenters. The van der Waals surface area contributed by atoms with Crippen LogP contribution in [-0.2, 0) is 12.6 Å². The highest BCUT2D eigenvalue weighted by Gasteiger charge is 2.32. The third-order valence-electron chi connectivity index (χ3n) is 5.64. The largest absolute Gasteiger partial charge is 0.496 e. The summed E-state index contributed by atoms with van der Waals surface area (Å²) in [5, 5.41) is 7.17. The Bertz CT molecular complexity index is 1330. The summed E-state index contributed by atoms with van der Waals surface area (Å²) < 4.78 is 44.2. The fourth-order valence-corrected chi connectivity index (χ4v) is 4.14. The lowest BCUT2D eigenvalue weighted by Crippen LogP contribution is -2.10. The number of hydrogen-bond donors (Lipinski definition) is 2. The molecule has 0 fully saturated rings. The molecule has 0 amide bonds. The van der Waals surface area contributed by atoms with E-state index < -0.39 is 11.9 Å². The van der Waals surface area contributed by atoms with Gasteiger partial charge < -0.3 is 15.4 Å². The van der Waals surface area contributed by atoms with Gasteiger partial charge in [-0.15, -0.1) is 0 Å². The fourth-order valence-electron chi connectivity index (χ4n) is 4.14. The van der Waals surface area contributed by atoms with Crippen LogP contribution in [0, 0.1) is 0 Å². The number of ether oxygens (including phenoxy) is 1. The molecule has 5 rings (SSSR count). The zero-order valence-corrected chi connectivity index (χ0v) is 17.6. The molecule has 2 aromatic carbocycles. The van der Waals surface area contributed by atoms with Crippen molar-refractivity contribution in [3.63, 3.8) is 0 Å². The lowest BCUT2D eigenvalue weighted by Gasteiger charge is -2.18. The van der Waals surface area contributed by atoms with Crippen LogP contribution in [0.4, 0.5) is 30.6 Å². The van der Waals surface area contributed by atoms with Gasteiger partial charge in [-0.05, 0) is 60.9 Å². The van der Waals surface area contributed by atoms with E-state index in [4.69, 9.17) is 9.72 Å². The summed E-state index contributed by atoms with van der Waals surface area (Å²) in [6.07, 6.45) is -1.52. The van der Waals surface area contributed by atoms with E-state index in [9.17, 15) is 13.2 Å². The summed E-state index contributed by atoms with van der Waals surface area (Å²) in [5.41, 5.74) is 2.78. The van der Waals surface area contributed by atoms with Crippen molar-refractivity contribution in [2.45, 2.75) is 25.1 Å². The second-order valence-electron chi connectivity index (χ2n) is 7.76. The Labute approximate surface area is 187 Å². The highest BCUT2D eigenvalue weighted by molar-refractivity contribution is 5.84. The third-order valence-corrected chi connectivity index (χ3v) is 5.64. The number of hydrogen-bond acceptors (Lipinski definition) is 6. The standard InChI is InChI=1S/C24H20F3N5O/c1-33-19-4-2-3-14-5-8-18(22(14)19)31-21-10-6-15-13-16(7-9-17(15)30-21)29-23-28-12-11-20(32-23)24(25,26)27/h2-4,6-7,9-13,18H,5,8H2,1H3,(H,30,31)(H,28,29,32). The van der Waals surface area contributed by atoms with E-state index in [0.717, 1.165) is 47.6 Å². The molecule has 33 heavy (non-hydrogen) atoms. The molecule has 2 heterocycles. The average molecular weight is 451 g/mol. The lowest BCUT2D eigenvalue weighted by molar-refractivity contribution is -0.141. The number of fused-ring (bicyclic) bond motifs is 2. The van der Waals surface area contributed by atoms with Crippen LogP contribution in [0.1, 0.15) is 29.3 Å². The fraction of sp³-hybridized carbons (Fsp3) is 0.208. The molecule has 0 aliphatic heterocycles. The van der Waals surface area contributed by atoms with Gasteiger partial charge in [-0.3, -0.25) is 0 Å². The predicted octanol–water partition coefficient (Wildman–Crippen LogP) is 5.90. The van der Waals surface area contributed by atoms with Crippen LogP contribution in [0.2, 0.25) is 0 Å². The second-order valence-corrected chi connectivity index (χ2v) is 7.76. The molecule has 2 N–H and O–H groups in total. The van der Waals surface area contributed by atoms with Gasteiger partial charge in [-0.1, -0.05) is 12.1 Å². The Kier molecular flexibility index (Phi) is 5.24. The van der Waals surface area contributed by atoms with Gasteiger partial charge in [-0.25, -0.2) is 15.0 Å². The molecule has 2 aromatic heterocycles. The minimum Gasteiger partial charge on any atom is -0.496 e. The monoisotopic (exact) mass is 451 g/mol. The van der Waals surface area contributed by atoms with Crippen LogP contribution in [-0.4, -0.2) is 22.1 Å². The second kappa shape index (κ2) is 8.23. The smallest absolute Gasteiger partial charge is 0.433 e. The van der Waals surface area contributed by atoms with E-state index in [1.165, 1.54) is 11.1 Å². The predicted molar refractivity (Wildman–Crippen MR) is 120 cm³/mol. The molecule has 168 valence electrons. The SMILES string of the molecule is COc1cccc2c1C(Nc1ccc3cc(Nc4nccc(C(F)(F)F)n4)ccc3n1)CC2. The maximum atomic E-state index is 12.9. The number of methoxy groups -OCH3 is 1. The number of rotatable bonds is 5. The number of anilines is 3. The first-order valence-electron chi connectivity index (χ1n) is 10.4. The van der Waals surface area contributed by atoms with Gasteiger partial charge in [0.1, 0.15) is 17.3 Å². The molecule has 1 atom stereocenters. The van der Waals surface area contributed by atoms with Gasteiger partial charge in [-0.2, -0.15) is 13.2 Å². The van der Waals surface area contributed by atoms with Crippen LogP contribution >= 0.6 is 0 Å². The van der Waals surface area contributed by atoms with E-state index in [2.05, 4.69) is 26.7 Å². The summed E-state index contributed by atoms with van der Waals surface area (Å²) in [5.74, 6) is 1.49. The number of nitrogens with zero attached hydrogens (tertiary/aromatic N) is 3. The summed E-state index contributed by atoms with van der Waals surface area (Å²) in [6.45, 7) is 0. The molecule has 0 saturated heterocycles. The highest BCUT2D eigenvalue weighted by Crippen LogP contribution is 2.39. The van der Waals surface area contributed by atoms with Crippen molar-refractivity contribution in [1.82, 2.24) is 15.0 Å². The van der Waals surface area contributed by atoms with Crippen LogP contribution < -0.4 is 15.4 Å². The van der Waals surface area contributed by atoms with Crippen molar-refractivity contribution < 1.29 is 17.9 Å². The zero-order chi connectivity index (χ0) is 23.0. The molecule has 6 nitrogen and oxygen atoms in total. The van der Waals surface area contributed by atoms with E-state index >= 15 is 0 Å². The molecule has 1 aliphatic rings. The Morgan fingerprint density at radius 2 is 1.91 bits per heavy atom. The summed E-state index contributed by atoms with van der Waals surface area (Å²) in [4.78, 5) is 12.1. The van der Waals surface area contributed by atoms with Crippen LogP contribution in [0.3, 0.4) is 0 Å². The number of pyridine rings is 1. The number of aromatic nitrogens is 3. The van der Waals surface area contributed by atoms with Crippen LogP contribution in [0.5, 0.6) is 5.75 Å². The number of halogens is 3. The van der Waals surface area contributed by atoms with Crippen molar-refractivity contribution in [3.05, 3.63) is 77.6 Å². The number of alkyl halides is 3.